The van der Waals surface area contributed by atoms with Crippen LogP contribution in [0.15, 0.2) is 24.3 Å². The maximum Gasteiger partial charge on any atom is 0.138 e. The van der Waals surface area contributed by atoms with Crippen LogP contribution in [0.4, 0.5) is 0 Å². The first-order chi connectivity index (χ1) is 9.24. The summed E-state index contributed by atoms with van der Waals surface area (Å²) in [4.78, 5) is 13.9. The number of fused-ring (bicyclic) bond motifs is 1. The number of ketones is 1. The van der Waals surface area contributed by atoms with E-state index in [2.05, 4.69) is 29.2 Å². The van der Waals surface area contributed by atoms with Crippen molar-refractivity contribution in [3.63, 3.8) is 0 Å². The molecule has 3 nitrogen and oxygen atoms in total. The molecule has 0 bridgehead atoms. The Labute approximate surface area is 114 Å². The first-order valence-corrected chi connectivity index (χ1v) is 7.18. The minimum absolute atomic E-state index is 0.172. The van der Waals surface area contributed by atoms with Crippen molar-refractivity contribution >= 4 is 5.78 Å². The van der Waals surface area contributed by atoms with Gasteiger partial charge in [-0.1, -0.05) is 31.2 Å². The fraction of sp³-hybridized carbons (Fsp3) is 0.562. The van der Waals surface area contributed by atoms with E-state index in [4.69, 9.17) is 4.74 Å². The summed E-state index contributed by atoms with van der Waals surface area (Å²) in [6.45, 7) is 5.51. The Hall–Kier alpha value is -1.19. The molecule has 0 aliphatic carbocycles. The lowest BCUT2D eigenvalue weighted by Crippen LogP contribution is -2.42. The van der Waals surface area contributed by atoms with E-state index < -0.39 is 0 Å². The van der Waals surface area contributed by atoms with Crippen LogP contribution in [0.5, 0.6) is 0 Å². The summed E-state index contributed by atoms with van der Waals surface area (Å²) in [5.41, 5.74) is 2.75. The van der Waals surface area contributed by atoms with Gasteiger partial charge in [-0.05, 0) is 17.5 Å². The number of carbonyl (C=O) groups is 1. The summed E-state index contributed by atoms with van der Waals surface area (Å²) >= 11 is 0. The van der Waals surface area contributed by atoms with Gasteiger partial charge in [0.05, 0.1) is 12.7 Å². The molecule has 0 saturated carbocycles. The molecule has 102 valence electrons. The van der Waals surface area contributed by atoms with Crippen molar-refractivity contribution in [3.05, 3.63) is 35.4 Å². The maximum absolute atomic E-state index is 11.6. The number of nitrogens with zero attached hydrogens (tertiary/aromatic N) is 1. The minimum Gasteiger partial charge on any atom is -0.372 e. The van der Waals surface area contributed by atoms with E-state index in [0.717, 1.165) is 32.7 Å². The average Bonchev–Trinajstić information content (AvgIpc) is 2.43. The van der Waals surface area contributed by atoms with Crippen LogP contribution in [0, 0.1) is 5.92 Å². The van der Waals surface area contributed by atoms with E-state index in [-0.39, 0.29) is 12.0 Å². The summed E-state index contributed by atoms with van der Waals surface area (Å²) < 4.78 is 5.94. The van der Waals surface area contributed by atoms with Crippen molar-refractivity contribution in [3.8, 4) is 0 Å². The van der Waals surface area contributed by atoms with E-state index in [1.807, 2.05) is 6.92 Å². The molecule has 0 spiro atoms. The average molecular weight is 259 g/mol. The highest BCUT2D eigenvalue weighted by molar-refractivity contribution is 5.81. The highest BCUT2D eigenvalue weighted by Crippen LogP contribution is 2.28. The second-order valence-electron chi connectivity index (χ2n) is 5.69. The van der Waals surface area contributed by atoms with Crippen molar-refractivity contribution in [2.45, 2.75) is 25.9 Å². The lowest BCUT2D eigenvalue weighted by molar-refractivity contribution is -0.126. The lowest BCUT2D eigenvalue weighted by atomic mass is 9.95. The third-order valence-electron chi connectivity index (χ3n) is 4.27. The number of Topliss-reactive ketones (excluding diaryl/α,β-unsaturated/α-hetero) is 1. The van der Waals surface area contributed by atoms with Gasteiger partial charge in [0.1, 0.15) is 5.78 Å². The molecule has 0 aromatic heterocycles. The fourth-order valence-electron chi connectivity index (χ4n) is 3.12. The molecule has 2 aliphatic heterocycles. The molecule has 1 saturated heterocycles. The molecule has 1 fully saturated rings. The van der Waals surface area contributed by atoms with Gasteiger partial charge >= 0.3 is 0 Å². The first kappa shape index (κ1) is 12.8. The van der Waals surface area contributed by atoms with Gasteiger partial charge in [0.15, 0.2) is 0 Å². The summed E-state index contributed by atoms with van der Waals surface area (Å²) in [5.74, 6) is 0.578. The monoisotopic (exact) mass is 259 g/mol. The number of hydrogen-bond donors (Lipinski definition) is 0. The second kappa shape index (κ2) is 5.43. The Bertz CT molecular complexity index is 472. The normalized spacial score (nSPS) is 28.2. The molecule has 3 heteroatoms. The van der Waals surface area contributed by atoms with Crippen molar-refractivity contribution in [2.75, 3.05) is 26.2 Å². The van der Waals surface area contributed by atoms with Gasteiger partial charge in [-0.3, -0.25) is 9.69 Å². The van der Waals surface area contributed by atoms with Gasteiger partial charge in [0.2, 0.25) is 0 Å². The van der Waals surface area contributed by atoms with Crippen LogP contribution in [0.1, 0.15) is 30.6 Å². The summed E-state index contributed by atoms with van der Waals surface area (Å²) in [6, 6.07) is 8.57. The van der Waals surface area contributed by atoms with E-state index >= 15 is 0 Å². The quantitative estimate of drug-likeness (QED) is 0.815. The van der Waals surface area contributed by atoms with E-state index in [0.29, 0.717) is 12.2 Å². The summed E-state index contributed by atoms with van der Waals surface area (Å²) in [7, 11) is 0. The molecule has 0 N–H and O–H groups in total. The number of benzene rings is 1. The standard InChI is InChI=1S/C16H21NO2/c1-12-10-17(8-6-15(12)18)11-16-14-5-3-2-4-13(14)7-9-19-16/h2-5,12,16H,6-11H2,1H3. The molecule has 19 heavy (non-hydrogen) atoms. The zero-order valence-corrected chi connectivity index (χ0v) is 11.5. The van der Waals surface area contributed by atoms with Gasteiger partial charge in [0, 0.05) is 32.0 Å². The minimum atomic E-state index is 0.172. The van der Waals surface area contributed by atoms with Gasteiger partial charge in [-0.25, -0.2) is 0 Å². The number of carbonyl (C=O) groups excluding carboxylic acids is 1. The van der Waals surface area contributed by atoms with Crippen LogP contribution >= 0.6 is 0 Å². The number of piperidine rings is 1. The zero-order valence-electron chi connectivity index (χ0n) is 11.5. The van der Waals surface area contributed by atoms with E-state index in [9.17, 15) is 4.79 Å². The summed E-state index contributed by atoms with van der Waals surface area (Å²) in [5, 5.41) is 0. The Morgan fingerprint density at radius 2 is 2.16 bits per heavy atom. The Morgan fingerprint density at radius 3 is 3.00 bits per heavy atom. The molecular formula is C16H21NO2. The molecular weight excluding hydrogens is 238 g/mol. The van der Waals surface area contributed by atoms with Gasteiger partial charge < -0.3 is 4.74 Å². The van der Waals surface area contributed by atoms with Gasteiger partial charge in [0.25, 0.3) is 0 Å². The Balaban J connectivity index is 1.69. The van der Waals surface area contributed by atoms with E-state index in [1.54, 1.807) is 0 Å². The lowest BCUT2D eigenvalue weighted by Gasteiger charge is -2.35. The van der Waals surface area contributed by atoms with Crippen LogP contribution in [0.3, 0.4) is 0 Å². The molecule has 2 heterocycles. The number of hydrogen-bond acceptors (Lipinski definition) is 3. The van der Waals surface area contributed by atoms with Crippen LogP contribution in [0.2, 0.25) is 0 Å². The number of likely N-dealkylation sites (tertiary alicyclic amines) is 1. The predicted molar refractivity (Wildman–Crippen MR) is 74.1 cm³/mol. The number of ether oxygens (including phenoxy) is 1. The zero-order chi connectivity index (χ0) is 13.2. The summed E-state index contributed by atoms with van der Waals surface area (Å²) in [6.07, 6.45) is 1.88. The molecule has 3 rings (SSSR count). The van der Waals surface area contributed by atoms with Crippen molar-refractivity contribution in [1.82, 2.24) is 4.90 Å². The Kier molecular flexibility index (Phi) is 3.67. The van der Waals surface area contributed by atoms with Gasteiger partial charge in [-0.15, -0.1) is 0 Å². The van der Waals surface area contributed by atoms with Crippen molar-refractivity contribution in [1.29, 1.82) is 0 Å². The smallest absolute Gasteiger partial charge is 0.138 e. The topological polar surface area (TPSA) is 29.5 Å². The first-order valence-electron chi connectivity index (χ1n) is 7.18. The van der Waals surface area contributed by atoms with Gasteiger partial charge in [-0.2, -0.15) is 0 Å². The number of rotatable bonds is 2. The molecule has 1 aromatic rings. The molecule has 2 atom stereocenters. The van der Waals surface area contributed by atoms with Crippen LogP contribution in [-0.2, 0) is 16.0 Å². The predicted octanol–water partition coefficient (Wildman–Crippen LogP) is 2.21. The highest BCUT2D eigenvalue weighted by atomic mass is 16.5. The van der Waals surface area contributed by atoms with Crippen molar-refractivity contribution in [2.24, 2.45) is 5.92 Å². The SMILES string of the molecule is CC1CN(CC2OCCc3ccccc32)CCC1=O. The third kappa shape index (κ3) is 2.72. The largest absolute Gasteiger partial charge is 0.372 e. The molecule has 0 amide bonds. The molecule has 1 aromatic carbocycles. The highest BCUT2D eigenvalue weighted by Gasteiger charge is 2.28. The molecule has 0 radical (unpaired) electrons. The van der Waals surface area contributed by atoms with Crippen LogP contribution in [-0.4, -0.2) is 36.9 Å². The van der Waals surface area contributed by atoms with Crippen molar-refractivity contribution < 1.29 is 9.53 Å². The third-order valence-corrected chi connectivity index (χ3v) is 4.27. The van der Waals surface area contributed by atoms with E-state index in [1.165, 1.54) is 11.1 Å². The fourth-order valence-corrected chi connectivity index (χ4v) is 3.12. The Morgan fingerprint density at radius 1 is 1.32 bits per heavy atom. The van der Waals surface area contributed by atoms with Crippen LogP contribution in [0.25, 0.3) is 0 Å². The molecule has 2 unspecified atom stereocenters. The van der Waals surface area contributed by atoms with Crippen LogP contribution < -0.4 is 0 Å². The second-order valence-corrected chi connectivity index (χ2v) is 5.69. The molecule has 2 aliphatic rings. The maximum atomic E-state index is 11.6.